The minimum absolute atomic E-state index is 0.217. The predicted octanol–water partition coefficient (Wildman–Crippen LogP) is 8.76. The van der Waals surface area contributed by atoms with Gasteiger partial charge in [-0.15, -0.1) is 0 Å². The van der Waals surface area contributed by atoms with Crippen LogP contribution in [-0.4, -0.2) is 12.1 Å². The number of carbonyl (C=O) groups excluding carboxylic acids is 1. The van der Waals surface area contributed by atoms with Gasteiger partial charge in [0, 0.05) is 11.6 Å². The number of fused-ring (bicyclic) bond motifs is 1. The summed E-state index contributed by atoms with van der Waals surface area (Å²) < 4.78 is 12.0. The van der Waals surface area contributed by atoms with Crippen LogP contribution in [0.4, 0.5) is 0 Å². The van der Waals surface area contributed by atoms with Gasteiger partial charge in [-0.3, -0.25) is 0 Å². The molecule has 0 N–H and O–H groups in total. The van der Waals surface area contributed by atoms with Crippen molar-refractivity contribution in [1.82, 2.24) is 0 Å². The number of ether oxygens (including phenoxy) is 2. The Morgan fingerprint density at radius 2 is 1.72 bits per heavy atom. The Balaban J connectivity index is 1.68. The number of hydrogen-bond acceptors (Lipinski definition) is 3. The number of carbonyl (C=O) groups is 1. The highest BCUT2D eigenvalue weighted by Crippen LogP contribution is 2.42. The van der Waals surface area contributed by atoms with Crippen molar-refractivity contribution in [2.24, 2.45) is 5.41 Å². The van der Waals surface area contributed by atoms with Gasteiger partial charge in [0.25, 0.3) is 0 Å². The van der Waals surface area contributed by atoms with Gasteiger partial charge in [0.05, 0.1) is 6.10 Å². The molecule has 3 heteroatoms. The molecule has 0 saturated carbocycles. The van der Waals surface area contributed by atoms with Crippen LogP contribution in [0.3, 0.4) is 0 Å². The highest BCUT2D eigenvalue weighted by molar-refractivity contribution is 5.86. The SMILES string of the molecule is CC1=C(/C=C/C(C)=C/C=C/C(C)=C/C(=O)Oc2c(C)c(C)c3c(c2C)CCC(C)O3)C(C)(C)CCC1. The number of esters is 1. The highest BCUT2D eigenvalue weighted by Gasteiger charge is 2.27. The van der Waals surface area contributed by atoms with E-state index in [0.717, 1.165) is 46.4 Å². The lowest BCUT2D eigenvalue weighted by molar-refractivity contribution is -0.129. The van der Waals surface area contributed by atoms with E-state index in [1.54, 1.807) is 6.08 Å². The van der Waals surface area contributed by atoms with Gasteiger partial charge in [-0.2, -0.15) is 0 Å². The van der Waals surface area contributed by atoms with E-state index in [9.17, 15) is 4.79 Å². The molecule has 0 aromatic heterocycles. The second kappa shape index (κ2) is 11.5. The Morgan fingerprint density at radius 1 is 1.00 bits per heavy atom. The average Bonchev–Trinajstić information content (AvgIpc) is 2.79. The summed E-state index contributed by atoms with van der Waals surface area (Å²) in [6.45, 7) is 19.1. The molecule has 1 aromatic rings. The maximum Gasteiger partial charge on any atom is 0.336 e. The Hall–Kier alpha value is -2.81. The van der Waals surface area contributed by atoms with Gasteiger partial charge in [0.15, 0.2) is 0 Å². The predicted molar refractivity (Wildman–Crippen MR) is 151 cm³/mol. The van der Waals surface area contributed by atoms with Crippen LogP contribution in [0.2, 0.25) is 0 Å². The van der Waals surface area contributed by atoms with E-state index in [-0.39, 0.29) is 17.5 Å². The summed E-state index contributed by atoms with van der Waals surface area (Å²) >= 11 is 0. The molecule has 36 heavy (non-hydrogen) atoms. The summed E-state index contributed by atoms with van der Waals surface area (Å²) in [7, 11) is 0. The molecule has 0 fully saturated rings. The molecule has 1 aliphatic carbocycles. The van der Waals surface area contributed by atoms with E-state index < -0.39 is 0 Å². The Labute approximate surface area is 218 Å². The van der Waals surface area contributed by atoms with E-state index in [2.05, 4.69) is 52.8 Å². The lowest BCUT2D eigenvalue weighted by Gasteiger charge is -2.32. The first kappa shape index (κ1) is 27.8. The first-order valence-corrected chi connectivity index (χ1v) is 13.3. The molecular formula is C33H44O3. The smallest absolute Gasteiger partial charge is 0.336 e. The zero-order valence-electron chi connectivity index (χ0n) is 23.8. The van der Waals surface area contributed by atoms with Gasteiger partial charge < -0.3 is 9.47 Å². The summed E-state index contributed by atoms with van der Waals surface area (Å²) in [5.41, 5.74) is 9.43. The second-order valence-corrected chi connectivity index (χ2v) is 11.3. The minimum Gasteiger partial charge on any atom is -0.490 e. The average molecular weight is 489 g/mol. The number of hydrogen-bond donors (Lipinski definition) is 0. The van der Waals surface area contributed by atoms with Crippen LogP contribution < -0.4 is 9.47 Å². The standard InChI is InChI=1S/C33H44O3/c1-21(15-18-29-23(3)14-11-19-33(29,8)9)12-10-13-22(2)20-30(34)36-31-25(5)26(6)32-28(27(31)7)17-16-24(4)35-32/h10,12-13,15,18,20,24H,11,14,16-17,19H2,1-9H3/b13-10+,18-15+,21-12+,22-20+. The summed E-state index contributed by atoms with van der Waals surface area (Å²) in [5.74, 6) is 1.28. The Morgan fingerprint density at radius 3 is 2.42 bits per heavy atom. The number of benzene rings is 1. The molecule has 0 bridgehead atoms. The first-order valence-electron chi connectivity index (χ1n) is 13.3. The third kappa shape index (κ3) is 6.49. The van der Waals surface area contributed by atoms with Crippen molar-refractivity contribution in [1.29, 1.82) is 0 Å². The quantitative estimate of drug-likeness (QED) is 0.174. The number of allylic oxidation sites excluding steroid dienone is 9. The molecular weight excluding hydrogens is 444 g/mol. The van der Waals surface area contributed by atoms with Gasteiger partial charge in [0.1, 0.15) is 11.5 Å². The molecule has 0 spiro atoms. The van der Waals surface area contributed by atoms with Crippen molar-refractivity contribution >= 4 is 5.97 Å². The third-order valence-corrected chi connectivity index (χ3v) is 7.75. The lowest BCUT2D eigenvalue weighted by atomic mass is 9.72. The molecule has 3 rings (SSSR count). The fraction of sp³-hybridized carbons (Fsp3) is 0.485. The van der Waals surface area contributed by atoms with Gasteiger partial charge in [-0.1, -0.05) is 55.4 Å². The van der Waals surface area contributed by atoms with Crippen molar-refractivity contribution in [2.45, 2.75) is 101 Å². The minimum atomic E-state index is -0.352. The van der Waals surface area contributed by atoms with Crippen molar-refractivity contribution < 1.29 is 14.3 Å². The zero-order chi connectivity index (χ0) is 26.6. The molecule has 1 atom stereocenters. The summed E-state index contributed by atoms with van der Waals surface area (Å²) in [6, 6.07) is 0. The molecule has 3 nitrogen and oxygen atoms in total. The van der Waals surface area contributed by atoms with Crippen LogP contribution in [0.25, 0.3) is 0 Å². The van der Waals surface area contributed by atoms with E-state index in [4.69, 9.17) is 9.47 Å². The van der Waals surface area contributed by atoms with Crippen molar-refractivity contribution in [3.05, 3.63) is 81.0 Å². The molecule has 0 saturated heterocycles. The van der Waals surface area contributed by atoms with Crippen molar-refractivity contribution in [2.75, 3.05) is 0 Å². The Kier molecular flexibility index (Phi) is 8.87. The maximum atomic E-state index is 12.7. The largest absolute Gasteiger partial charge is 0.490 e. The van der Waals surface area contributed by atoms with E-state index in [1.807, 2.05) is 39.8 Å². The van der Waals surface area contributed by atoms with Crippen molar-refractivity contribution in [3.63, 3.8) is 0 Å². The zero-order valence-corrected chi connectivity index (χ0v) is 23.8. The normalized spacial score (nSPS) is 20.6. The molecule has 1 aliphatic heterocycles. The maximum absolute atomic E-state index is 12.7. The van der Waals surface area contributed by atoms with Gasteiger partial charge in [-0.05, 0) is 114 Å². The van der Waals surface area contributed by atoms with Gasteiger partial charge in [-0.25, -0.2) is 4.79 Å². The van der Waals surface area contributed by atoms with E-state index >= 15 is 0 Å². The van der Waals surface area contributed by atoms with E-state index in [0.29, 0.717) is 5.75 Å². The van der Waals surface area contributed by atoms with Crippen LogP contribution in [0, 0.1) is 26.2 Å². The molecule has 0 amide bonds. The van der Waals surface area contributed by atoms with Gasteiger partial charge >= 0.3 is 5.97 Å². The molecule has 194 valence electrons. The fourth-order valence-corrected chi connectivity index (χ4v) is 5.37. The third-order valence-electron chi connectivity index (χ3n) is 7.75. The molecule has 1 heterocycles. The van der Waals surface area contributed by atoms with E-state index in [1.165, 1.54) is 36.0 Å². The summed E-state index contributed by atoms with van der Waals surface area (Å²) in [5, 5.41) is 0. The molecule has 1 unspecified atom stereocenters. The monoisotopic (exact) mass is 488 g/mol. The fourth-order valence-electron chi connectivity index (χ4n) is 5.37. The number of rotatable bonds is 6. The Bertz CT molecular complexity index is 1170. The van der Waals surface area contributed by atoms with Crippen LogP contribution in [0.5, 0.6) is 11.5 Å². The van der Waals surface area contributed by atoms with Crippen molar-refractivity contribution in [3.8, 4) is 11.5 Å². The molecule has 0 radical (unpaired) electrons. The van der Waals surface area contributed by atoms with Crippen LogP contribution in [0.15, 0.2) is 58.7 Å². The summed E-state index contributed by atoms with van der Waals surface area (Å²) in [6.07, 6.45) is 17.9. The summed E-state index contributed by atoms with van der Waals surface area (Å²) in [4.78, 5) is 12.7. The second-order valence-electron chi connectivity index (χ2n) is 11.3. The van der Waals surface area contributed by atoms with Crippen LogP contribution >= 0.6 is 0 Å². The highest BCUT2D eigenvalue weighted by atomic mass is 16.5. The van der Waals surface area contributed by atoms with Gasteiger partial charge in [0.2, 0.25) is 0 Å². The molecule has 2 aliphatic rings. The first-order chi connectivity index (χ1) is 16.9. The molecule has 1 aromatic carbocycles. The van der Waals surface area contributed by atoms with Crippen LogP contribution in [-0.2, 0) is 11.2 Å². The lowest BCUT2D eigenvalue weighted by Crippen LogP contribution is -2.21. The topological polar surface area (TPSA) is 35.5 Å². The van der Waals surface area contributed by atoms with Crippen LogP contribution in [0.1, 0.15) is 89.5 Å².